The Hall–Kier alpha value is -2.51. The van der Waals surface area contributed by atoms with Crippen molar-refractivity contribution in [1.29, 1.82) is 0 Å². The first kappa shape index (κ1) is 17.3. The minimum atomic E-state index is -3.58. The minimum Gasteiger partial charge on any atom is -0.237 e. The van der Waals surface area contributed by atoms with Gasteiger partial charge in [0.25, 0.3) is 0 Å². The highest BCUT2D eigenvalue weighted by Gasteiger charge is 2.15. The maximum Gasteiger partial charge on any atom is 0.240 e. The zero-order valence-corrected chi connectivity index (χ0v) is 14.8. The molecule has 3 aromatic rings. The first-order valence-electron chi connectivity index (χ1n) is 8.12. The van der Waals surface area contributed by atoms with Crippen LogP contribution in [-0.4, -0.2) is 23.2 Å². The first-order chi connectivity index (χ1) is 12.1. The molecule has 130 valence electrons. The third kappa shape index (κ3) is 4.12. The number of pyridine rings is 1. The summed E-state index contributed by atoms with van der Waals surface area (Å²) in [5.41, 5.74) is 1.88. The molecule has 0 fully saturated rings. The van der Waals surface area contributed by atoms with Crippen LogP contribution < -0.4 is 4.72 Å². The van der Waals surface area contributed by atoms with Crippen LogP contribution in [0.15, 0.2) is 66.0 Å². The molecule has 0 amide bonds. The highest BCUT2D eigenvalue weighted by Crippen LogP contribution is 2.14. The molecule has 1 aromatic carbocycles. The second kappa shape index (κ2) is 7.58. The normalized spacial score (nSPS) is 11.6. The average molecular weight is 356 g/mol. The predicted molar refractivity (Wildman–Crippen MR) is 95.8 cm³/mol. The lowest BCUT2D eigenvalue weighted by Crippen LogP contribution is -2.24. The Bertz CT molecular complexity index is 920. The van der Waals surface area contributed by atoms with Crippen molar-refractivity contribution in [2.45, 2.75) is 31.2 Å². The SMILES string of the molecule is CCCc1ccc(S(=O)(=O)NCc2cccnc2-n2cccn2)cc1. The number of aryl methyl sites for hydroxylation is 1. The Morgan fingerprint density at radius 3 is 2.56 bits per heavy atom. The van der Waals surface area contributed by atoms with Gasteiger partial charge in [0, 0.05) is 30.7 Å². The van der Waals surface area contributed by atoms with Crippen molar-refractivity contribution >= 4 is 10.0 Å². The number of aromatic nitrogens is 3. The Balaban J connectivity index is 1.77. The standard InChI is InChI=1S/C18H20N4O2S/c1-2-5-15-7-9-17(10-8-15)25(23,24)21-14-16-6-3-11-19-18(16)22-13-4-12-20-22/h3-4,6-13,21H,2,5,14H2,1H3. The van der Waals surface area contributed by atoms with Crippen LogP contribution in [0.25, 0.3) is 5.82 Å². The van der Waals surface area contributed by atoms with E-state index in [1.54, 1.807) is 47.5 Å². The van der Waals surface area contributed by atoms with E-state index in [1.807, 2.05) is 18.2 Å². The van der Waals surface area contributed by atoms with Gasteiger partial charge >= 0.3 is 0 Å². The molecule has 0 unspecified atom stereocenters. The Morgan fingerprint density at radius 1 is 1.08 bits per heavy atom. The van der Waals surface area contributed by atoms with Crippen molar-refractivity contribution in [2.75, 3.05) is 0 Å². The van der Waals surface area contributed by atoms with Crippen molar-refractivity contribution in [2.24, 2.45) is 0 Å². The second-order valence-electron chi connectivity index (χ2n) is 5.66. The van der Waals surface area contributed by atoms with Crippen LogP contribution >= 0.6 is 0 Å². The molecule has 0 aliphatic carbocycles. The van der Waals surface area contributed by atoms with Crippen molar-refractivity contribution in [1.82, 2.24) is 19.5 Å². The summed E-state index contributed by atoms with van der Waals surface area (Å²) in [6.45, 7) is 2.24. The largest absolute Gasteiger partial charge is 0.240 e. The topological polar surface area (TPSA) is 76.9 Å². The van der Waals surface area contributed by atoms with E-state index in [-0.39, 0.29) is 11.4 Å². The molecule has 0 saturated carbocycles. The summed E-state index contributed by atoms with van der Waals surface area (Å²) in [4.78, 5) is 4.55. The van der Waals surface area contributed by atoms with Gasteiger partial charge in [-0.25, -0.2) is 22.8 Å². The summed E-state index contributed by atoms with van der Waals surface area (Å²) in [5, 5.41) is 4.15. The fraction of sp³-hybridized carbons (Fsp3) is 0.222. The molecule has 25 heavy (non-hydrogen) atoms. The lowest BCUT2D eigenvalue weighted by Gasteiger charge is -2.10. The van der Waals surface area contributed by atoms with E-state index >= 15 is 0 Å². The van der Waals surface area contributed by atoms with Gasteiger partial charge in [0.2, 0.25) is 10.0 Å². The van der Waals surface area contributed by atoms with Gasteiger partial charge in [-0.1, -0.05) is 31.5 Å². The number of benzene rings is 1. The van der Waals surface area contributed by atoms with Crippen LogP contribution in [0.2, 0.25) is 0 Å². The molecular formula is C18H20N4O2S. The minimum absolute atomic E-state index is 0.141. The van der Waals surface area contributed by atoms with Crippen molar-refractivity contribution < 1.29 is 8.42 Å². The molecule has 2 aromatic heterocycles. The Labute approximate surface area is 147 Å². The summed E-state index contributed by atoms with van der Waals surface area (Å²) in [6, 6.07) is 12.4. The van der Waals surface area contributed by atoms with Crippen LogP contribution in [0, 0.1) is 0 Å². The number of nitrogens with one attached hydrogen (secondary N) is 1. The van der Waals surface area contributed by atoms with Gasteiger partial charge in [0.15, 0.2) is 5.82 Å². The molecule has 2 heterocycles. The third-order valence-corrected chi connectivity index (χ3v) is 5.23. The zero-order chi connectivity index (χ0) is 17.7. The molecule has 0 saturated heterocycles. The van der Waals surface area contributed by atoms with Crippen LogP contribution in [0.5, 0.6) is 0 Å². The summed E-state index contributed by atoms with van der Waals surface area (Å²) >= 11 is 0. The zero-order valence-electron chi connectivity index (χ0n) is 14.0. The van der Waals surface area contributed by atoms with E-state index in [9.17, 15) is 8.42 Å². The smallest absolute Gasteiger partial charge is 0.237 e. The summed E-state index contributed by atoms with van der Waals surface area (Å²) in [6.07, 6.45) is 7.05. The molecule has 0 spiro atoms. The van der Waals surface area contributed by atoms with Gasteiger partial charge in [-0.15, -0.1) is 0 Å². The number of hydrogen-bond donors (Lipinski definition) is 1. The Kier molecular flexibility index (Phi) is 5.25. The average Bonchev–Trinajstić information content (AvgIpc) is 3.16. The molecule has 0 atom stereocenters. The monoisotopic (exact) mass is 356 g/mol. The van der Waals surface area contributed by atoms with E-state index in [4.69, 9.17) is 0 Å². The molecule has 0 aliphatic heterocycles. The molecule has 3 rings (SSSR count). The number of sulfonamides is 1. The molecule has 0 aliphatic rings. The summed E-state index contributed by atoms with van der Waals surface area (Å²) < 4.78 is 29.3. The molecule has 1 N–H and O–H groups in total. The van der Waals surface area contributed by atoms with E-state index < -0.39 is 10.0 Å². The van der Waals surface area contributed by atoms with Gasteiger partial charge < -0.3 is 0 Å². The van der Waals surface area contributed by atoms with Crippen LogP contribution in [0.1, 0.15) is 24.5 Å². The van der Waals surface area contributed by atoms with E-state index in [2.05, 4.69) is 21.7 Å². The van der Waals surface area contributed by atoms with Crippen molar-refractivity contribution in [3.63, 3.8) is 0 Å². The molecule has 6 nitrogen and oxygen atoms in total. The fourth-order valence-corrected chi connectivity index (χ4v) is 3.56. The first-order valence-corrected chi connectivity index (χ1v) is 9.61. The number of hydrogen-bond acceptors (Lipinski definition) is 4. The van der Waals surface area contributed by atoms with Gasteiger partial charge in [-0.05, 0) is 36.2 Å². The summed E-state index contributed by atoms with van der Waals surface area (Å²) in [7, 11) is -3.58. The maximum atomic E-state index is 12.5. The summed E-state index contributed by atoms with van der Waals surface area (Å²) in [5.74, 6) is 0.605. The molecule has 0 bridgehead atoms. The second-order valence-corrected chi connectivity index (χ2v) is 7.42. The predicted octanol–water partition coefficient (Wildman–Crippen LogP) is 2.70. The van der Waals surface area contributed by atoms with Gasteiger partial charge in [-0.3, -0.25) is 0 Å². The van der Waals surface area contributed by atoms with Gasteiger partial charge in [-0.2, -0.15) is 5.10 Å². The highest BCUT2D eigenvalue weighted by molar-refractivity contribution is 7.89. The van der Waals surface area contributed by atoms with E-state index in [0.29, 0.717) is 5.82 Å². The Morgan fingerprint density at radius 2 is 1.88 bits per heavy atom. The highest BCUT2D eigenvalue weighted by atomic mass is 32.2. The maximum absolute atomic E-state index is 12.5. The van der Waals surface area contributed by atoms with Crippen LogP contribution in [-0.2, 0) is 23.0 Å². The molecule has 0 radical (unpaired) electrons. The molecular weight excluding hydrogens is 336 g/mol. The van der Waals surface area contributed by atoms with Crippen molar-refractivity contribution in [3.8, 4) is 5.82 Å². The molecule has 7 heteroatoms. The van der Waals surface area contributed by atoms with E-state index in [0.717, 1.165) is 24.0 Å². The lowest BCUT2D eigenvalue weighted by molar-refractivity contribution is 0.581. The third-order valence-electron chi connectivity index (χ3n) is 3.81. The van der Waals surface area contributed by atoms with Gasteiger partial charge in [0.05, 0.1) is 4.90 Å². The van der Waals surface area contributed by atoms with Gasteiger partial charge in [0.1, 0.15) is 0 Å². The van der Waals surface area contributed by atoms with Crippen LogP contribution in [0.4, 0.5) is 0 Å². The van der Waals surface area contributed by atoms with Crippen molar-refractivity contribution in [3.05, 3.63) is 72.2 Å². The lowest BCUT2D eigenvalue weighted by atomic mass is 10.1. The quantitative estimate of drug-likeness (QED) is 0.706. The number of nitrogens with zero attached hydrogens (tertiary/aromatic N) is 3. The fourth-order valence-electron chi connectivity index (χ4n) is 2.55. The number of rotatable bonds is 7. The van der Waals surface area contributed by atoms with Crippen LogP contribution in [0.3, 0.4) is 0 Å². The van der Waals surface area contributed by atoms with E-state index in [1.165, 1.54) is 0 Å².